The third-order valence-electron chi connectivity index (χ3n) is 5.06. The minimum absolute atomic E-state index is 0.320. The number of aromatic nitrogens is 1. The van der Waals surface area contributed by atoms with Crippen LogP contribution in [-0.2, 0) is 0 Å². The molecule has 0 saturated heterocycles. The summed E-state index contributed by atoms with van der Waals surface area (Å²) in [4.78, 5) is 17.7. The smallest absolute Gasteiger partial charge is 0.401 e. The normalized spacial score (nSPS) is 14.8. The molecule has 0 radical (unpaired) electrons. The number of rotatable bonds is 5. The summed E-state index contributed by atoms with van der Waals surface area (Å²) in [6.45, 7) is -1.23. The van der Waals surface area contributed by atoms with Crippen LogP contribution in [0, 0.1) is 12.3 Å². The highest BCUT2D eigenvalue weighted by Gasteiger charge is 2.29. The van der Waals surface area contributed by atoms with Gasteiger partial charge in [-0.1, -0.05) is 18.1 Å². The Kier molecular flexibility index (Phi) is 5.94. The van der Waals surface area contributed by atoms with Crippen LogP contribution in [0.15, 0.2) is 64.4 Å². The second kappa shape index (κ2) is 8.84. The van der Waals surface area contributed by atoms with Crippen LogP contribution >= 0.6 is 0 Å². The summed E-state index contributed by atoms with van der Waals surface area (Å²) in [6.07, 6.45) is 1.42. The number of ether oxygens (including phenoxy) is 1. The summed E-state index contributed by atoms with van der Waals surface area (Å²) in [5, 5.41) is 5.18. The Balaban J connectivity index is 1.84. The van der Waals surface area contributed by atoms with Gasteiger partial charge in [-0.25, -0.2) is 0 Å². The standard InChI is InChI=1S/C24H19F3N4O2/c1-3-15-4-8-18(9-5-15)31-21-17(13-28-23(30-21)29-14-24(25,26)27)12-20(22(31)32)16-6-10-19(33-2)11-7-16/h1,4-13,23,29-30H,14H2,2H3. The van der Waals surface area contributed by atoms with Crippen LogP contribution < -0.4 is 20.9 Å². The molecular formula is C24H19F3N4O2. The van der Waals surface area contributed by atoms with Crippen LogP contribution in [0.5, 0.6) is 5.75 Å². The first-order chi connectivity index (χ1) is 15.8. The van der Waals surface area contributed by atoms with Crippen molar-refractivity contribution in [3.63, 3.8) is 0 Å². The minimum Gasteiger partial charge on any atom is -0.497 e. The zero-order valence-corrected chi connectivity index (χ0v) is 17.5. The van der Waals surface area contributed by atoms with Gasteiger partial charge in [0.25, 0.3) is 5.56 Å². The number of halogens is 3. The molecule has 0 fully saturated rings. The van der Waals surface area contributed by atoms with E-state index in [1.807, 2.05) is 0 Å². The van der Waals surface area contributed by atoms with Gasteiger partial charge in [-0.2, -0.15) is 13.2 Å². The second-order valence-electron chi connectivity index (χ2n) is 7.24. The summed E-state index contributed by atoms with van der Waals surface area (Å²) >= 11 is 0. The lowest BCUT2D eigenvalue weighted by atomic mass is 10.0. The lowest BCUT2D eigenvalue weighted by molar-refractivity contribution is -0.125. The lowest BCUT2D eigenvalue weighted by Gasteiger charge is -2.26. The van der Waals surface area contributed by atoms with E-state index in [4.69, 9.17) is 11.2 Å². The molecule has 3 aromatic rings. The van der Waals surface area contributed by atoms with Crippen molar-refractivity contribution in [3.8, 4) is 34.9 Å². The second-order valence-corrected chi connectivity index (χ2v) is 7.24. The number of hydrogen-bond donors (Lipinski definition) is 2. The van der Waals surface area contributed by atoms with Gasteiger partial charge in [0, 0.05) is 22.9 Å². The predicted octanol–water partition coefficient (Wildman–Crippen LogP) is 3.77. The van der Waals surface area contributed by atoms with Crippen LogP contribution in [0.3, 0.4) is 0 Å². The average Bonchev–Trinajstić information content (AvgIpc) is 2.82. The summed E-state index contributed by atoms with van der Waals surface area (Å²) in [5.74, 6) is 3.48. The van der Waals surface area contributed by atoms with Gasteiger partial charge in [0.15, 0.2) is 6.29 Å². The van der Waals surface area contributed by atoms with E-state index in [-0.39, 0.29) is 5.56 Å². The number of methoxy groups -OCH3 is 1. The first-order valence-corrected chi connectivity index (χ1v) is 9.90. The predicted molar refractivity (Wildman–Crippen MR) is 121 cm³/mol. The van der Waals surface area contributed by atoms with Gasteiger partial charge in [0.05, 0.1) is 19.3 Å². The molecule has 2 heterocycles. The molecule has 4 rings (SSSR count). The van der Waals surface area contributed by atoms with Gasteiger partial charge in [-0.05, 0) is 48.0 Å². The molecule has 0 spiro atoms. The summed E-state index contributed by atoms with van der Waals surface area (Å²) in [5.41, 5.74) is 2.38. The molecule has 1 aliphatic heterocycles. The van der Waals surface area contributed by atoms with Crippen LogP contribution in [0.4, 0.5) is 19.0 Å². The molecule has 6 nitrogen and oxygen atoms in total. The molecule has 1 aliphatic rings. The molecule has 2 aromatic carbocycles. The Bertz CT molecular complexity index is 1290. The number of hydrogen-bond acceptors (Lipinski definition) is 5. The van der Waals surface area contributed by atoms with Crippen molar-refractivity contribution in [2.75, 3.05) is 19.0 Å². The fourth-order valence-corrected chi connectivity index (χ4v) is 3.45. The third kappa shape index (κ3) is 4.76. The molecule has 0 aliphatic carbocycles. The summed E-state index contributed by atoms with van der Waals surface area (Å²) in [6, 6.07) is 15.4. The molecule has 1 atom stereocenters. The Morgan fingerprint density at radius 3 is 2.48 bits per heavy atom. The number of anilines is 1. The molecule has 2 N–H and O–H groups in total. The summed E-state index contributed by atoms with van der Waals surface area (Å²) in [7, 11) is 1.55. The van der Waals surface area contributed by atoms with E-state index in [0.717, 1.165) is 0 Å². The summed E-state index contributed by atoms with van der Waals surface area (Å²) < 4.78 is 44.6. The number of nitrogens with one attached hydrogen (secondary N) is 2. The highest BCUT2D eigenvalue weighted by atomic mass is 19.4. The molecular weight excluding hydrogens is 433 g/mol. The fraction of sp³-hybridized carbons (Fsp3) is 0.167. The van der Waals surface area contributed by atoms with Crippen molar-refractivity contribution >= 4 is 12.0 Å². The number of alkyl halides is 3. The van der Waals surface area contributed by atoms with E-state index >= 15 is 0 Å². The van der Waals surface area contributed by atoms with Gasteiger partial charge in [-0.15, -0.1) is 6.42 Å². The molecule has 1 aromatic heterocycles. The number of aliphatic imine (C=N–C) groups is 1. The first-order valence-electron chi connectivity index (χ1n) is 9.90. The zero-order valence-electron chi connectivity index (χ0n) is 17.5. The van der Waals surface area contributed by atoms with E-state index in [1.54, 1.807) is 61.7 Å². The van der Waals surface area contributed by atoms with Gasteiger partial charge in [0.2, 0.25) is 0 Å². The monoisotopic (exact) mass is 452 g/mol. The Morgan fingerprint density at radius 1 is 1.18 bits per heavy atom. The van der Waals surface area contributed by atoms with Crippen LogP contribution in [0.2, 0.25) is 0 Å². The van der Waals surface area contributed by atoms with E-state index in [9.17, 15) is 18.0 Å². The Morgan fingerprint density at radius 2 is 1.88 bits per heavy atom. The van der Waals surface area contributed by atoms with Crippen molar-refractivity contribution in [2.45, 2.75) is 12.5 Å². The largest absolute Gasteiger partial charge is 0.497 e. The van der Waals surface area contributed by atoms with Crippen molar-refractivity contribution < 1.29 is 17.9 Å². The molecule has 0 saturated carbocycles. The van der Waals surface area contributed by atoms with Gasteiger partial charge < -0.3 is 10.1 Å². The highest BCUT2D eigenvalue weighted by Crippen LogP contribution is 2.27. The molecule has 0 bridgehead atoms. The fourth-order valence-electron chi connectivity index (χ4n) is 3.45. The Hall–Kier alpha value is -4.03. The van der Waals surface area contributed by atoms with Crippen molar-refractivity contribution in [2.24, 2.45) is 4.99 Å². The number of nitrogens with zero attached hydrogens (tertiary/aromatic N) is 2. The van der Waals surface area contributed by atoms with E-state index in [0.29, 0.717) is 39.5 Å². The van der Waals surface area contributed by atoms with Crippen molar-refractivity contribution in [1.82, 2.24) is 9.88 Å². The van der Waals surface area contributed by atoms with Crippen molar-refractivity contribution in [3.05, 3.63) is 76.1 Å². The van der Waals surface area contributed by atoms with E-state index < -0.39 is 19.0 Å². The van der Waals surface area contributed by atoms with Gasteiger partial charge in [0.1, 0.15) is 11.6 Å². The number of terminal acetylenes is 1. The third-order valence-corrected chi connectivity index (χ3v) is 5.06. The molecule has 0 amide bonds. The molecule has 9 heteroatoms. The maximum atomic E-state index is 13.6. The number of pyridine rings is 1. The van der Waals surface area contributed by atoms with Gasteiger partial charge >= 0.3 is 6.18 Å². The maximum absolute atomic E-state index is 13.6. The van der Waals surface area contributed by atoms with Gasteiger partial charge in [-0.3, -0.25) is 19.7 Å². The van der Waals surface area contributed by atoms with Crippen LogP contribution in [0.1, 0.15) is 11.1 Å². The molecule has 168 valence electrons. The topological polar surface area (TPSA) is 67.7 Å². The zero-order chi connectivity index (χ0) is 23.6. The van der Waals surface area contributed by atoms with Crippen LogP contribution in [-0.4, -0.2) is 36.9 Å². The molecule has 33 heavy (non-hydrogen) atoms. The molecule has 1 unspecified atom stereocenters. The highest BCUT2D eigenvalue weighted by molar-refractivity contribution is 5.91. The first kappa shape index (κ1) is 22.2. The van der Waals surface area contributed by atoms with Crippen molar-refractivity contribution in [1.29, 1.82) is 0 Å². The lowest BCUT2D eigenvalue weighted by Crippen LogP contribution is -2.43. The SMILES string of the molecule is C#Cc1ccc(-n2c3c(cc(-c4ccc(OC)cc4)c2=O)C=NC(NCC(F)(F)F)N3)cc1. The maximum Gasteiger partial charge on any atom is 0.401 e. The number of fused-ring (bicyclic) bond motifs is 1. The van der Waals surface area contributed by atoms with E-state index in [2.05, 4.69) is 21.5 Å². The average molecular weight is 452 g/mol. The van der Waals surface area contributed by atoms with E-state index in [1.165, 1.54) is 10.8 Å². The van der Waals surface area contributed by atoms with Crippen LogP contribution in [0.25, 0.3) is 16.8 Å². The quantitative estimate of drug-likeness (QED) is 0.579. The Labute approximate surface area is 187 Å². The minimum atomic E-state index is -4.40. The number of benzene rings is 2.